The van der Waals surface area contributed by atoms with Crippen molar-refractivity contribution in [2.45, 2.75) is 54.1 Å². The van der Waals surface area contributed by atoms with Gasteiger partial charge in [0.1, 0.15) is 24.4 Å². The van der Waals surface area contributed by atoms with Crippen LogP contribution in [0.4, 0.5) is 0 Å². The van der Waals surface area contributed by atoms with E-state index in [0.717, 1.165) is 0 Å². The fourth-order valence-corrected chi connectivity index (χ4v) is 0.189. The zero-order chi connectivity index (χ0) is 23.4. The summed E-state index contributed by atoms with van der Waals surface area (Å²) >= 11 is 0. The van der Waals surface area contributed by atoms with E-state index in [4.69, 9.17) is 66.8 Å². The molecule has 0 aromatic heterocycles. The zero-order valence-corrected chi connectivity index (χ0v) is 18.8. The average molecular weight is 581 g/mol. The average Bonchev–Trinajstić information content (AvgIpc) is 2.66. The number of hydrogen-bond donors (Lipinski definition) is 12. The van der Waals surface area contributed by atoms with E-state index in [-0.39, 0.29) is 83.7 Å². The summed E-state index contributed by atoms with van der Waals surface area (Å²) in [5.74, 6) is 0. The van der Waals surface area contributed by atoms with E-state index >= 15 is 0 Å². The van der Waals surface area contributed by atoms with Crippen molar-refractivity contribution >= 4 is 54.0 Å². The molecular formula is C16H56O12S4. The molecule has 0 rings (SSSR count). The Labute approximate surface area is 227 Å². The van der Waals surface area contributed by atoms with Crippen LogP contribution in [0.1, 0.15) is 35.2 Å². The van der Waals surface area contributed by atoms with Gasteiger partial charge in [0.2, 0.25) is 0 Å². The summed E-state index contributed by atoms with van der Waals surface area (Å²) in [6.45, 7) is -8.57. The second-order valence-corrected chi connectivity index (χ2v) is 3.60. The highest BCUT2D eigenvalue weighted by Gasteiger charge is 1.95. The molecule has 16 heteroatoms. The van der Waals surface area contributed by atoms with E-state index in [1.807, 2.05) is 0 Å². The lowest BCUT2D eigenvalue weighted by Gasteiger charge is -1.96. The maximum atomic E-state index is 8.25. The molecule has 12 N–H and O–H groups in total. The first-order chi connectivity index (χ1) is 12.7. The molecule has 216 valence electrons. The Bertz CT molecular complexity index is 268. The molecule has 0 aliphatic heterocycles. The largest absolute Gasteiger partial charge is 0.394 e. The van der Waals surface area contributed by atoms with Crippen molar-refractivity contribution in [2.24, 2.45) is 0 Å². The maximum Gasteiger partial charge on any atom is 0.100 e. The Balaban J connectivity index is -0.0000000199. The smallest absolute Gasteiger partial charge is 0.100 e. The standard InChI is InChI=1S/4C3H8O3.4CH4.4H2S/c4*4-1-3(6)2-5;;;;;;;;/h4*3-6H,1-2H2;4*1H4;4*1H2/i4*1+1D,3+1;;;;;;;;/t2*1-,3+;2*1-,3-;;;;;;;;/m1010......../s1. The molecule has 0 heterocycles. The topological polar surface area (TPSA) is 243 Å². The lowest BCUT2D eigenvalue weighted by atomic mass is 11.0. The molecule has 0 saturated carbocycles. The van der Waals surface area contributed by atoms with Crippen molar-refractivity contribution in [2.75, 3.05) is 52.8 Å². The van der Waals surface area contributed by atoms with Gasteiger partial charge in [-0.25, -0.2) is 0 Å². The Morgan fingerprint density at radius 3 is 0.469 bits per heavy atom. The van der Waals surface area contributed by atoms with Crippen LogP contribution in [0, 0.1) is 0 Å². The minimum atomic E-state index is -1.58. The summed E-state index contributed by atoms with van der Waals surface area (Å²) in [7, 11) is 0. The van der Waals surface area contributed by atoms with Gasteiger partial charge in [0.05, 0.1) is 58.2 Å². The van der Waals surface area contributed by atoms with Crippen LogP contribution in [-0.4, -0.2) is 138 Å². The molecule has 0 aromatic carbocycles. The highest BCUT2D eigenvalue weighted by atomic mass is 32.1. The van der Waals surface area contributed by atoms with E-state index in [9.17, 15) is 0 Å². The molecule has 32 heavy (non-hydrogen) atoms. The van der Waals surface area contributed by atoms with Gasteiger partial charge in [-0.3, -0.25) is 0 Å². The normalized spacial score (nSPS) is 16.6. The van der Waals surface area contributed by atoms with Gasteiger partial charge in [-0.2, -0.15) is 54.0 Å². The fourth-order valence-electron chi connectivity index (χ4n) is 0.189. The second-order valence-electron chi connectivity index (χ2n) is 3.60. The summed E-state index contributed by atoms with van der Waals surface area (Å²) in [6.07, 6.45) is -5.28. The minimum absolute atomic E-state index is 0. The van der Waals surface area contributed by atoms with Crippen molar-refractivity contribution in [1.29, 1.82) is 0 Å². The predicted octanol–water partition coefficient (Wildman–Crippen LogP) is -3.68. The predicted molar refractivity (Wildman–Crippen MR) is 149 cm³/mol. The van der Waals surface area contributed by atoms with Crippen LogP contribution >= 0.6 is 54.0 Å². The summed E-state index contributed by atoms with van der Waals surface area (Å²) < 4.78 is 25.3. The first-order valence-corrected chi connectivity index (χ1v) is 6.30. The van der Waals surface area contributed by atoms with Gasteiger partial charge in [-0.05, 0) is 0 Å². The number of aliphatic hydroxyl groups is 12. The number of aliphatic hydroxyl groups excluding tert-OH is 12. The lowest BCUT2D eigenvalue weighted by molar-refractivity contribution is 0.0450. The van der Waals surface area contributed by atoms with Crippen LogP contribution in [0.3, 0.4) is 0 Å². The molecule has 0 amide bonds. The number of hydrogen-bond acceptors (Lipinski definition) is 12. The molecule has 0 aromatic rings. The molecule has 0 aliphatic rings. The van der Waals surface area contributed by atoms with E-state index < -0.39 is 77.2 Å². The maximum absolute atomic E-state index is 8.25. The van der Waals surface area contributed by atoms with Gasteiger partial charge in [0.25, 0.3) is 0 Å². The van der Waals surface area contributed by atoms with Crippen LogP contribution in [-0.2, 0) is 0 Å². The van der Waals surface area contributed by atoms with E-state index in [1.165, 1.54) is 0 Å². The van der Waals surface area contributed by atoms with Gasteiger partial charge in [-0.15, -0.1) is 0 Å². The van der Waals surface area contributed by atoms with Crippen LogP contribution in [0.5, 0.6) is 0 Å². The molecule has 12 nitrogen and oxygen atoms in total. The van der Waals surface area contributed by atoms with E-state index in [1.54, 1.807) is 0 Å². The third kappa shape index (κ3) is 96.7. The Morgan fingerprint density at radius 1 is 0.375 bits per heavy atom. The first-order valence-electron chi connectivity index (χ1n) is 8.61. The van der Waals surface area contributed by atoms with Crippen LogP contribution in [0.25, 0.3) is 0 Å². The lowest BCUT2D eigenvalue weighted by Crippen LogP contribution is -2.15. The van der Waals surface area contributed by atoms with Crippen molar-refractivity contribution in [3.8, 4) is 0 Å². The molecule has 8 atom stereocenters. The highest BCUT2D eigenvalue weighted by Crippen LogP contribution is 1.73. The second kappa shape index (κ2) is 69.7. The van der Waals surface area contributed by atoms with Crippen LogP contribution in [0.2, 0.25) is 0 Å². The van der Waals surface area contributed by atoms with Crippen molar-refractivity contribution in [1.82, 2.24) is 0 Å². The zero-order valence-electron chi connectivity index (χ0n) is 18.8. The molecule has 0 fully saturated rings. The molecule has 0 bridgehead atoms. The third-order valence-corrected chi connectivity index (χ3v) is 1.44. The van der Waals surface area contributed by atoms with Crippen molar-refractivity contribution in [3.63, 3.8) is 0 Å². The first kappa shape index (κ1) is 54.0. The van der Waals surface area contributed by atoms with Crippen LogP contribution in [0.15, 0.2) is 0 Å². The van der Waals surface area contributed by atoms with Crippen molar-refractivity contribution in [3.05, 3.63) is 0 Å². The number of rotatable bonds is 8. The van der Waals surface area contributed by atoms with Crippen LogP contribution < -0.4 is 0 Å². The summed E-state index contributed by atoms with van der Waals surface area (Å²) in [4.78, 5) is 0. The summed E-state index contributed by atoms with van der Waals surface area (Å²) in [6, 6.07) is 0. The molecule has 0 saturated heterocycles. The van der Waals surface area contributed by atoms with E-state index in [2.05, 4.69) is 0 Å². The van der Waals surface area contributed by atoms with Gasteiger partial charge >= 0.3 is 0 Å². The SMILES string of the molecule is C.C.C.C.S.S.S.S.[2H][13C@@H](O)[13C@@H](O)CO.[2H][13C@@H](O)[13C@H](O)CO.[2H][13C@H](O)[13C@@H](O)CO.[2H][13C@H](O)[13C@H](O)CO. The fraction of sp³-hybridized carbons (Fsp3) is 1.00. The molecule has 0 radical (unpaired) electrons. The molecule has 0 unspecified atom stereocenters. The van der Waals surface area contributed by atoms with Gasteiger partial charge in [-0.1, -0.05) is 29.7 Å². The van der Waals surface area contributed by atoms with Gasteiger partial charge < -0.3 is 61.3 Å². The van der Waals surface area contributed by atoms with Gasteiger partial charge in [0, 0.05) is 0 Å². The molecular weight excluding hydrogens is 520 g/mol. The molecule has 0 aliphatic carbocycles. The minimum Gasteiger partial charge on any atom is -0.394 e. The monoisotopic (exact) mass is 580 g/mol. The summed E-state index contributed by atoms with van der Waals surface area (Å²) in [5.41, 5.74) is 0. The highest BCUT2D eigenvalue weighted by molar-refractivity contribution is 7.59. The Hall–Kier alpha value is 0.920. The summed E-state index contributed by atoms with van der Waals surface area (Å²) in [5, 5.41) is 97.2. The van der Waals surface area contributed by atoms with E-state index in [0.29, 0.717) is 0 Å². The third-order valence-electron chi connectivity index (χ3n) is 1.44. The molecule has 0 spiro atoms. The Kier molecular flexibility index (Phi) is 118. The van der Waals surface area contributed by atoms with Gasteiger partial charge in [0.15, 0.2) is 0 Å². The van der Waals surface area contributed by atoms with Crippen molar-refractivity contribution < 1.29 is 66.8 Å². The Morgan fingerprint density at radius 2 is 0.469 bits per heavy atom. The quantitative estimate of drug-likeness (QED) is 0.124.